The van der Waals surface area contributed by atoms with Crippen molar-refractivity contribution >= 4 is 0 Å². The fraction of sp³-hybridized carbons (Fsp3) is 0.467. The fourth-order valence-corrected chi connectivity index (χ4v) is 2.48. The van der Waals surface area contributed by atoms with Crippen LogP contribution in [-0.4, -0.2) is 22.7 Å². The molecule has 0 amide bonds. The minimum Gasteiger partial charge on any atom is -0.339 e. The van der Waals surface area contributed by atoms with Crippen LogP contribution >= 0.6 is 0 Å². The van der Waals surface area contributed by atoms with Crippen molar-refractivity contribution in [2.24, 2.45) is 0 Å². The van der Waals surface area contributed by atoms with Crippen LogP contribution in [0.1, 0.15) is 35.7 Å². The molecular weight excluding hydrogens is 238 g/mol. The summed E-state index contributed by atoms with van der Waals surface area (Å²) in [4.78, 5) is 4.47. The Kier molecular flexibility index (Phi) is 3.60. The molecule has 0 aliphatic carbocycles. The maximum Gasteiger partial charge on any atom is 0.228 e. The molecule has 4 heteroatoms. The van der Waals surface area contributed by atoms with E-state index in [0.29, 0.717) is 6.04 Å². The van der Waals surface area contributed by atoms with E-state index in [1.807, 2.05) is 0 Å². The maximum atomic E-state index is 5.32. The minimum atomic E-state index is 0.507. The average molecular weight is 257 g/mol. The minimum absolute atomic E-state index is 0.507. The lowest BCUT2D eigenvalue weighted by molar-refractivity contribution is 0.360. The average Bonchev–Trinajstić information content (AvgIpc) is 3.05. The summed E-state index contributed by atoms with van der Waals surface area (Å²) in [6.45, 7) is 3.19. The van der Waals surface area contributed by atoms with Crippen LogP contribution in [0.25, 0.3) is 0 Å². The number of hydrogen-bond acceptors (Lipinski definition) is 4. The molecule has 1 aliphatic rings. The van der Waals surface area contributed by atoms with Crippen molar-refractivity contribution in [1.82, 2.24) is 15.5 Å². The van der Waals surface area contributed by atoms with Crippen LogP contribution in [0.3, 0.4) is 0 Å². The molecule has 100 valence electrons. The number of rotatable bonds is 4. The van der Waals surface area contributed by atoms with Gasteiger partial charge in [0.25, 0.3) is 0 Å². The zero-order chi connectivity index (χ0) is 13.1. The van der Waals surface area contributed by atoms with E-state index < -0.39 is 0 Å². The molecule has 19 heavy (non-hydrogen) atoms. The van der Waals surface area contributed by atoms with Gasteiger partial charge in [0.15, 0.2) is 5.82 Å². The highest BCUT2D eigenvalue weighted by Crippen LogP contribution is 2.12. The third kappa shape index (κ3) is 3.20. The molecule has 1 unspecified atom stereocenters. The summed E-state index contributed by atoms with van der Waals surface area (Å²) in [5, 5.41) is 7.50. The molecule has 2 aromatic rings. The highest BCUT2D eigenvalue weighted by atomic mass is 16.5. The van der Waals surface area contributed by atoms with Crippen molar-refractivity contribution in [3.8, 4) is 0 Å². The fourth-order valence-electron chi connectivity index (χ4n) is 2.48. The van der Waals surface area contributed by atoms with Gasteiger partial charge in [0, 0.05) is 18.9 Å². The quantitative estimate of drug-likeness (QED) is 0.912. The summed E-state index contributed by atoms with van der Waals surface area (Å²) < 4.78 is 5.32. The summed E-state index contributed by atoms with van der Waals surface area (Å²) >= 11 is 0. The Morgan fingerprint density at radius 3 is 2.89 bits per heavy atom. The van der Waals surface area contributed by atoms with Gasteiger partial charge in [0.1, 0.15) is 0 Å². The Bertz CT molecular complexity index is 527. The van der Waals surface area contributed by atoms with Gasteiger partial charge in [-0.3, -0.25) is 0 Å². The summed E-state index contributed by atoms with van der Waals surface area (Å²) in [5.74, 6) is 1.53. The van der Waals surface area contributed by atoms with E-state index in [2.05, 4.69) is 46.6 Å². The molecule has 1 saturated heterocycles. The Labute approximate surface area is 113 Å². The van der Waals surface area contributed by atoms with Crippen molar-refractivity contribution in [2.45, 2.75) is 38.6 Å². The van der Waals surface area contributed by atoms with Gasteiger partial charge in [0.2, 0.25) is 5.89 Å². The summed E-state index contributed by atoms with van der Waals surface area (Å²) in [6.07, 6.45) is 4.04. The summed E-state index contributed by atoms with van der Waals surface area (Å²) in [5.41, 5.74) is 2.49. The van der Waals surface area contributed by atoms with Gasteiger partial charge >= 0.3 is 0 Å². The zero-order valence-corrected chi connectivity index (χ0v) is 11.2. The number of benzene rings is 1. The lowest BCUT2D eigenvalue weighted by atomic mass is 10.1. The van der Waals surface area contributed by atoms with Crippen molar-refractivity contribution < 1.29 is 4.52 Å². The maximum absolute atomic E-state index is 5.32. The lowest BCUT2D eigenvalue weighted by Gasteiger charge is -2.04. The standard InChI is InChI=1S/C15H19N3O/c1-11-4-6-12(7-5-11)9-14-17-15(19-18-14)10-13-3-2-8-16-13/h4-7,13,16H,2-3,8-10H2,1H3. The van der Waals surface area contributed by atoms with Crippen molar-refractivity contribution in [3.63, 3.8) is 0 Å². The SMILES string of the molecule is Cc1ccc(Cc2noc(CC3CCCN3)n2)cc1. The van der Waals surface area contributed by atoms with E-state index >= 15 is 0 Å². The Morgan fingerprint density at radius 2 is 2.16 bits per heavy atom. The first kappa shape index (κ1) is 12.4. The molecule has 0 saturated carbocycles. The third-order valence-corrected chi connectivity index (χ3v) is 3.58. The predicted octanol–water partition coefficient (Wildman–Crippen LogP) is 2.26. The van der Waals surface area contributed by atoms with Gasteiger partial charge in [-0.05, 0) is 31.9 Å². The van der Waals surface area contributed by atoms with Crippen LogP contribution in [0.2, 0.25) is 0 Å². The number of aryl methyl sites for hydroxylation is 1. The topological polar surface area (TPSA) is 51.0 Å². The molecule has 1 aliphatic heterocycles. The summed E-state index contributed by atoms with van der Waals surface area (Å²) in [7, 11) is 0. The van der Waals surface area contributed by atoms with Crippen molar-refractivity contribution in [3.05, 3.63) is 47.1 Å². The first-order valence-corrected chi connectivity index (χ1v) is 6.90. The molecule has 0 spiro atoms. The largest absolute Gasteiger partial charge is 0.339 e. The molecule has 0 bridgehead atoms. The highest BCUT2D eigenvalue weighted by molar-refractivity contribution is 5.23. The Balaban J connectivity index is 1.62. The molecular formula is C15H19N3O. The van der Waals surface area contributed by atoms with Crippen LogP contribution in [-0.2, 0) is 12.8 Å². The molecule has 2 heterocycles. The van der Waals surface area contributed by atoms with Gasteiger partial charge in [0.05, 0.1) is 0 Å². The van der Waals surface area contributed by atoms with E-state index in [0.717, 1.165) is 31.1 Å². The number of nitrogens with one attached hydrogen (secondary N) is 1. The second-order valence-electron chi connectivity index (χ2n) is 5.26. The van der Waals surface area contributed by atoms with Crippen LogP contribution < -0.4 is 5.32 Å². The van der Waals surface area contributed by atoms with E-state index in [9.17, 15) is 0 Å². The predicted molar refractivity (Wildman–Crippen MR) is 73.0 cm³/mol. The van der Waals surface area contributed by atoms with Gasteiger partial charge in [-0.2, -0.15) is 4.98 Å². The molecule has 1 aromatic carbocycles. The second-order valence-corrected chi connectivity index (χ2v) is 5.26. The molecule has 3 rings (SSSR count). The molecule has 0 radical (unpaired) electrons. The van der Waals surface area contributed by atoms with Crippen LogP contribution in [0, 0.1) is 6.92 Å². The van der Waals surface area contributed by atoms with Gasteiger partial charge in [-0.1, -0.05) is 35.0 Å². The molecule has 4 nitrogen and oxygen atoms in total. The van der Waals surface area contributed by atoms with Crippen LogP contribution in [0.15, 0.2) is 28.8 Å². The van der Waals surface area contributed by atoms with Crippen molar-refractivity contribution in [1.29, 1.82) is 0 Å². The van der Waals surface area contributed by atoms with Gasteiger partial charge in [-0.15, -0.1) is 0 Å². The molecule has 1 fully saturated rings. The first-order chi connectivity index (χ1) is 9.29. The smallest absolute Gasteiger partial charge is 0.228 e. The monoisotopic (exact) mass is 257 g/mol. The van der Waals surface area contributed by atoms with E-state index in [4.69, 9.17) is 4.52 Å². The zero-order valence-electron chi connectivity index (χ0n) is 11.2. The van der Waals surface area contributed by atoms with E-state index in [1.165, 1.54) is 24.0 Å². The lowest BCUT2D eigenvalue weighted by Crippen LogP contribution is -2.23. The molecule has 1 aromatic heterocycles. The van der Waals surface area contributed by atoms with Crippen LogP contribution in [0.4, 0.5) is 0 Å². The number of hydrogen-bond donors (Lipinski definition) is 1. The van der Waals surface area contributed by atoms with E-state index in [1.54, 1.807) is 0 Å². The summed E-state index contributed by atoms with van der Waals surface area (Å²) in [6, 6.07) is 8.96. The number of nitrogens with zero attached hydrogens (tertiary/aromatic N) is 2. The molecule has 1 atom stereocenters. The Morgan fingerprint density at radius 1 is 1.32 bits per heavy atom. The van der Waals surface area contributed by atoms with Gasteiger partial charge < -0.3 is 9.84 Å². The van der Waals surface area contributed by atoms with Crippen LogP contribution in [0.5, 0.6) is 0 Å². The van der Waals surface area contributed by atoms with Gasteiger partial charge in [-0.25, -0.2) is 0 Å². The third-order valence-electron chi connectivity index (χ3n) is 3.58. The molecule has 1 N–H and O–H groups in total. The Hall–Kier alpha value is -1.68. The van der Waals surface area contributed by atoms with Crippen molar-refractivity contribution in [2.75, 3.05) is 6.54 Å². The first-order valence-electron chi connectivity index (χ1n) is 6.90. The number of aromatic nitrogens is 2. The normalized spacial score (nSPS) is 18.9. The van der Waals surface area contributed by atoms with E-state index in [-0.39, 0.29) is 0 Å². The highest BCUT2D eigenvalue weighted by Gasteiger charge is 2.18. The second kappa shape index (κ2) is 5.53.